The molecule has 1 fully saturated rings. The number of allylic oxidation sites excluding steroid dienone is 5. The Morgan fingerprint density at radius 1 is 0.951 bits per heavy atom. The van der Waals surface area contributed by atoms with Crippen molar-refractivity contribution in [1.29, 1.82) is 0 Å². The van der Waals surface area contributed by atoms with Crippen LogP contribution >= 0.6 is 23.2 Å². The van der Waals surface area contributed by atoms with Gasteiger partial charge in [0.05, 0.1) is 23.3 Å². The summed E-state index contributed by atoms with van der Waals surface area (Å²) in [5, 5.41) is 14.0. The molecule has 4 aromatic rings. The number of carboxylic acids is 1. The van der Waals surface area contributed by atoms with Crippen LogP contribution in [0.2, 0.25) is 10.0 Å². The van der Waals surface area contributed by atoms with E-state index < -0.39 is 30.1 Å². The van der Waals surface area contributed by atoms with Gasteiger partial charge in [-0.1, -0.05) is 84.4 Å². The first kappa shape index (κ1) is 43.1. The summed E-state index contributed by atoms with van der Waals surface area (Å²) in [6.07, 6.45) is 3.33. The third-order valence-electron chi connectivity index (χ3n) is 11.1. The van der Waals surface area contributed by atoms with Crippen molar-refractivity contribution in [1.82, 2.24) is 15.1 Å². The molecule has 0 spiro atoms. The minimum Gasteiger partial charge on any atom is -0.489 e. The van der Waals surface area contributed by atoms with Gasteiger partial charge in [0.15, 0.2) is 17.6 Å². The number of hydrogen-bond acceptors (Lipinski definition) is 8. The summed E-state index contributed by atoms with van der Waals surface area (Å²) >= 11 is 12.2. The van der Waals surface area contributed by atoms with E-state index in [0.717, 1.165) is 39.0 Å². The van der Waals surface area contributed by atoms with Crippen molar-refractivity contribution in [3.8, 4) is 17.2 Å². The quantitative estimate of drug-likeness (QED) is 0.121. The molecular formula is C47H48Cl2N4O8. The predicted octanol–water partition coefficient (Wildman–Crippen LogP) is 7.90. The monoisotopic (exact) mass is 866 g/mol. The molecule has 3 aliphatic heterocycles. The SMILES string of the molecule is C=C/C=C(\C(C)=C(\C)N)c1ccc(C[C@H](NC(=O)[C@@H]2Cc3cc4c(cc3CN2C(=O)N2CCOCC2)O[C@@H](c2ccc(OCc3ccc(Cl)c(Cl)c3)cc2)CO4)C(=O)O)cc1. The van der Waals surface area contributed by atoms with Gasteiger partial charge in [-0.2, -0.15) is 0 Å². The van der Waals surface area contributed by atoms with Crippen molar-refractivity contribution in [3.63, 3.8) is 0 Å². The lowest BCUT2D eigenvalue weighted by molar-refractivity contribution is -0.142. The van der Waals surface area contributed by atoms with Crippen LogP contribution < -0.4 is 25.3 Å². The molecule has 14 heteroatoms. The van der Waals surface area contributed by atoms with E-state index >= 15 is 0 Å². The van der Waals surface area contributed by atoms with E-state index in [-0.39, 0.29) is 32.0 Å². The van der Waals surface area contributed by atoms with Crippen LogP contribution in [-0.4, -0.2) is 77.8 Å². The van der Waals surface area contributed by atoms with Gasteiger partial charge >= 0.3 is 12.0 Å². The second-order valence-corrected chi connectivity index (χ2v) is 16.1. The van der Waals surface area contributed by atoms with Crippen molar-refractivity contribution in [3.05, 3.63) is 152 Å². The highest BCUT2D eigenvalue weighted by molar-refractivity contribution is 6.42. The Labute approximate surface area is 365 Å². The van der Waals surface area contributed by atoms with Crippen LogP contribution in [0.1, 0.15) is 53.3 Å². The molecule has 0 radical (unpaired) electrons. The molecule has 12 nitrogen and oxygen atoms in total. The number of nitrogens with one attached hydrogen (secondary N) is 1. The van der Waals surface area contributed by atoms with Gasteiger partial charge in [-0.25, -0.2) is 9.59 Å². The Morgan fingerprint density at radius 2 is 1.66 bits per heavy atom. The van der Waals surface area contributed by atoms with Gasteiger partial charge in [-0.05, 0) is 94.8 Å². The number of urea groups is 1. The fourth-order valence-corrected chi connectivity index (χ4v) is 7.87. The van der Waals surface area contributed by atoms with Crippen LogP contribution in [0, 0.1) is 0 Å². The summed E-state index contributed by atoms with van der Waals surface area (Å²) < 4.78 is 24.1. The second-order valence-electron chi connectivity index (χ2n) is 15.2. The topological polar surface area (TPSA) is 153 Å². The number of carbonyl (C=O) groups excluding carboxylic acids is 2. The zero-order valence-electron chi connectivity index (χ0n) is 34.0. The summed E-state index contributed by atoms with van der Waals surface area (Å²) in [5.41, 5.74) is 13.5. The van der Waals surface area contributed by atoms with Crippen molar-refractivity contribution in [2.24, 2.45) is 5.73 Å². The van der Waals surface area contributed by atoms with Crippen LogP contribution in [0.3, 0.4) is 0 Å². The number of nitrogens with zero attached hydrogens (tertiary/aromatic N) is 2. The number of rotatable bonds is 12. The molecule has 7 rings (SSSR count). The molecule has 318 valence electrons. The van der Waals surface area contributed by atoms with Crippen LogP contribution in [0.5, 0.6) is 17.2 Å². The highest BCUT2D eigenvalue weighted by Crippen LogP contribution is 2.41. The number of hydrogen-bond donors (Lipinski definition) is 3. The number of fused-ring (bicyclic) bond motifs is 2. The Balaban J connectivity index is 1.06. The Bertz CT molecular complexity index is 2360. The van der Waals surface area contributed by atoms with Gasteiger partial charge in [0.1, 0.15) is 31.0 Å². The van der Waals surface area contributed by atoms with Crippen molar-refractivity contribution in [2.75, 3.05) is 32.9 Å². The summed E-state index contributed by atoms with van der Waals surface area (Å²) in [4.78, 5) is 44.1. The third-order valence-corrected chi connectivity index (χ3v) is 11.9. The lowest BCUT2D eigenvalue weighted by Gasteiger charge is -2.40. The molecule has 3 aliphatic rings. The lowest BCUT2D eigenvalue weighted by Crippen LogP contribution is -2.59. The molecule has 61 heavy (non-hydrogen) atoms. The van der Waals surface area contributed by atoms with E-state index in [4.69, 9.17) is 47.9 Å². The van der Waals surface area contributed by atoms with E-state index in [1.165, 1.54) is 4.90 Å². The molecule has 3 atom stereocenters. The summed E-state index contributed by atoms with van der Waals surface area (Å²) in [5.74, 6) is -0.0419. The molecule has 0 unspecified atom stereocenters. The largest absolute Gasteiger partial charge is 0.489 e. The highest BCUT2D eigenvalue weighted by atomic mass is 35.5. The average Bonchev–Trinajstić information content (AvgIpc) is 3.27. The third kappa shape index (κ3) is 10.2. The number of amides is 3. The van der Waals surface area contributed by atoms with Gasteiger partial charge < -0.3 is 44.9 Å². The molecule has 3 heterocycles. The smallest absolute Gasteiger partial charge is 0.326 e. The molecule has 3 amide bonds. The first-order valence-corrected chi connectivity index (χ1v) is 20.8. The lowest BCUT2D eigenvalue weighted by atomic mass is 9.92. The van der Waals surface area contributed by atoms with Gasteiger partial charge in [-0.3, -0.25) is 4.79 Å². The highest BCUT2D eigenvalue weighted by Gasteiger charge is 2.39. The zero-order valence-corrected chi connectivity index (χ0v) is 35.5. The standard InChI is InChI=1S/C47H48Cl2N4O8/c1-4-5-37(28(2)29(3)50)32-9-6-30(7-10-32)21-40(46(55)56)51-45(54)41-22-34-23-42-43(24-35(34)25-53(41)47(57)52-16-18-58-19-17-52)61-44(27-60-42)33-11-13-36(14-12-33)59-26-31-8-15-38(48)39(49)20-31/h4-15,20,23-24,40-41,44H,1,16-19,21-22,25-27,50H2,2-3H3,(H,51,54)(H,55,56)/b29-28-,37-5+/t40-,41-,44+/m0/s1. The van der Waals surface area contributed by atoms with E-state index in [2.05, 4.69) is 11.9 Å². The van der Waals surface area contributed by atoms with Gasteiger partial charge in [0.25, 0.3) is 0 Å². The predicted molar refractivity (Wildman–Crippen MR) is 234 cm³/mol. The molecule has 0 saturated carbocycles. The molecular weight excluding hydrogens is 819 g/mol. The number of ether oxygens (including phenoxy) is 4. The van der Waals surface area contributed by atoms with E-state index in [0.29, 0.717) is 71.5 Å². The maximum atomic E-state index is 14.2. The van der Waals surface area contributed by atoms with Gasteiger partial charge in [0, 0.05) is 38.2 Å². The summed E-state index contributed by atoms with van der Waals surface area (Å²) in [6, 6.07) is 21.5. The van der Waals surface area contributed by atoms with Gasteiger partial charge in [0.2, 0.25) is 5.91 Å². The van der Waals surface area contributed by atoms with E-state index in [9.17, 15) is 19.5 Å². The fraction of sp³-hybridized carbons (Fsp3) is 0.298. The van der Waals surface area contributed by atoms with E-state index in [1.807, 2.05) is 86.7 Å². The zero-order chi connectivity index (χ0) is 43.2. The van der Waals surface area contributed by atoms with Crippen LogP contribution in [0.25, 0.3) is 5.57 Å². The molecule has 0 aliphatic carbocycles. The minimum absolute atomic E-state index is 0.0294. The van der Waals surface area contributed by atoms with Crippen molar-refractivity contribution < 1.29 is 38.4 Å². The second kappa shape index (κ2) is 19.2. The molecule has 4 aromatic carbocycles. The molecule has 0 bridgehead atoms. The number of carbonyl (C=O) groups is 3. The summed E-state index contributed by atoms with van der Waals surface area (Å²) in [6.45, 7) is 9.74. The number of morpholine rings is 1. The van der Waals surface area contributed by atoms with Crippen molar-refractivity contribution >= 4 is 46.7 Å². The molecule has 4 N–H and O–H groups in total. The minimum atomic E-state index is -1.25. The fourth-order valence-electron chi connectivity index (χ4n) is 7.55. The van der Waals surface area contributed by atoms with Crippen molar-refractivity contribution in [2.45, 2.75) is 58.0 Å². The normalized spacial score (nSPS) is 18.3. The number of nitrogens with two attached hydrogens (primary N) is 1. The number of carboxylic acid groups (broad SMARTS) is 1. The first-order valence-electron chi connectivity index (χ1n) is 20.0. The maximum Gasteiger partial charge on any atom is 0.326 e. The van der Waals surface area contributed by atoms with Crippen LogP contribution in [-0.2, 0) is 40.3 Å². The van der Waals surface area contributed by atoms with Crippen LogP contribution in [0.4, 0.5) is 4.79 Å². The molecule has 0 aromatic heterocycles. The Kier molecular flexibility index (Phi) is 13.6. The Hall–Kier alpha value is -5.95. The van der Waals surface area contributed by atoms with Crippen LogP contribution in [0.15, 0.2) is 109 Å². The number of benzene rings is 4. The molecule has 1 saturated heterocycles. The van der Waals surface area contributed by atoms with Gasteiger partial charge in [-0.15, -0.1) is 0 Å². The van der Waals surface area contributed by atoms with E-state index in [1.54, 1.807) is 23.1 Å². The number of aliphatic carboxylic acids is 1. The number of halogens is 2. The summed E-state index contributed by atoms with van der Waals surface area (Å²) in [7, 11) is 0. The maximum absolute atomic E-state index is 14.2. The Morgan fingerprint density at radius 3 is 2.33 bits per heavy atom. The average molecular weight is 868 g/mol. The first-order chi connectivity index (χ1) is 29.4.